The molecule has 0 bridgehead atoms. The van der Waals surface area contributed by atoms with Gasteiger partial charge in [0.2, 0.25) is 0 Å². The highest BCUT2D eigenvalue weighted by Crippen LogP contribution is 2.29. The molecule has 0 atom stereocenters. The van der Waals surface area contributed by atoms with Gasteiger partial charge in [-0.15, -0.1) is 0 Å². The maximum Gasteiger partial charge on any atom is 0.307 e. The topological polar surface area (TPSA) is 63.8 Å². The van der Waals surface area contributed by atoms with E-state index >= 15 is 0 Å². The first-order chi connectivity index (χ1) is 15.4. The molecular weight excluding hydrogens is 654 g/mol. The van der Waals surface area contributed by atoms with Crippen molar-refractivity contribution in [2.75, 3.05) is 0 Å². The van der Waals surface area contributed by atoms with E-state index in [1.54, 1.807) is 30.5 Å². The molecule has 1 amide bonds. The predicted molar refractivity (Wildman–Crippen MR) is 144 cm³/mol. The molecule has 0 unspecified atom stereocenters. The van der Waals surface area contributed by atoms with Crippen LogP contribution in [0.2, 0.25) is 5.02 Å². The van der Waals surface area contributed by atoms with Crippen LogP contribution in [0.3, 0.4) is 0 Å². The van der Waals surface area contributed by atoms with Crippen LogP contribution < -0.4 is 10.2 Å². The highest BCUT2D eigenvalue weighted by atomic mass is 127. The molecule has 0 fully saturated rings. The second kappa shape index (κ2) is 10.2. The lowest BCUT2D eigenvalue weighted by atomic mass is 10.2. The Hall–Kier alpha value is -2.11. The largest absolute Gasteiger partial charge is 0.487 e. The molecule has 0 spiro atoms. The molecule has 4 rings (SSSR count). The van der Waals surface area contributed by atoms with Crippen LogP contribution in [-0.2, 0) is 6.61 Å². The SMILES string of the molecule is Cc1ccc(COc2c(I)cc(/C=N/NC(=O)c3cc4cc(Cl)ccc4o3)cc2I)cc1. The maximum absolute atomic E-state index is 12.3. The lowest BCUT2D eigenvalue weighted by Gasteiger charge is -2.11. The number of hydrogen-bond donors (Lipinski definition) is 1. The van der Waals surface area contributed by atoms with E-state index in [4.69, 9.17) is 20.8 Å². The summed E-state index contributed by atoms with van der Waals surface area (Å²) in [5.74, 6) is 0.563. The Morgan fingerprint density at radius 3 is 2.53 bits per heavy atom. The molecule has 32 heavy (non-hydrogen) atoms. The van der Waals surface area contributed by atoms with E-state index in [2.05, 4.69) is 86.9 Å². The lowest BCUT2D eigenvalue weighted by Crippen LogP contribution is -2.16. The van der Waals surface area contributed by atoms with Gasteiger partial charge in [0.1, 0.15) is 17.9 Å². The number of rotatable bonds is 6. The third kappa shape index (κ3) is 5.62. The van der Waals surface area contributed by atoms with Crippen LogP contribution in [0.5, 0.6) is 5.75 Å². The molecule has 0 saturated heterocycles. The van der Waals surface area contributed by atoms with E-state index in [-0.39, 0.29) is 5.76 Å². The smallest absolute Gasteiger partial charge is 0.307 e. The standard InChI is InChI=1S/C24H17ClI2N2O3/c1-14-2-4-15(5-3-14)13-31-23-19(26)8-16(9-20(23)27)12-28-29-24(30)22-11-17-10-18(25)6-7-21(17)32-22/h2-12H,13H2,1H3,(H,29,30)/b28-12+. The molecule has 0 aliphatic rings. The first kappa shape index (κ1) is 23.1. The number of benzene rings is 3. The summed E-state index contributed by atoms with van der Waals surface area (Å²) in [6, 6.07) is 19.0. The van der Waals surface area contributed by atoms with Gasteiger partial charge in [-0.3, -0.25) is 4.79 Å². The van der Waals surface area contributed by atoms with Crippen molar-refractivity contribution >= 4 is 79.9 Å². The van der Waals surface area contributed by atoms with Crippen molar-refractivity contribution in [3.05, 3.63) is 95.3 Å². The van der Waals surface area contributed by atoms with E-state index in [9.17, 15) is 4.79 Å². The van der Waals surface area contributed by atoms with Crippen LogP contribution in [0.4, 0.5) is 0 Å². The van der Waals surface area contributed by atoms with Crippen LogP contribution in [0.15, 0.2) is 70.2 Å². The molecule has 4 aromatic rings. The minimum Gasteiger partial charge on any atom is -0.487 e. The lowest BCUT2D eigenvalue weighted by molar-refractivity contribution is 0.0929. The summed E-state index contributed by atoms with van der Waals surface area (Å²) in [6.07, 6.45) is 1.59. The zero-order chi connectivity index (χ0) is 22.7. The number of carbonyl (C=O) groups excluding carboxylic acids is 1. The zero-order valence-electron chi connectivity index (χ0n) is 16.9. The number of aryl methyl sites for hydroxylation is 1. The van der Waals surface area contributed by atoms with Gasteiger partial charge < -0.3 is 9.15 Å². The fraction of sp³-hybridized carbons (Fsp3) is 0.0833. The first-order valence-corrected chi connectivity index (χ1v) is 12.1. The van der Waals surface area contributed by atoms with Crippen LogP contribution in [0, 0.1) is 14.1 Å². The molecule has 8 heteroatoms. The van der Waals surface area contributed by atoms with Crippen LogP contribution in [0.25, 0.3) is 11.0 Å². The molecule has 0 aliphatic heterocycles. The number of hydrazone groups is 1. The van der Waals surface area contributed by atoms with E-state index in [0.29, 0.717) is 17.2 Å². The number of carbonyl (C=O) groups is 1. The van der Waals surface area contributed by atoms with Crippen molar-refractivity contribution in [3.63, 3.8) is 0 Å². The van der Waals surface area contributed by atoms with E-state index in [0.717, 1.165) is 29.4 Å². The Kier molecular flexibility index (Phi) is 7.37. The minimum absolute atomic E-state index is 0.170. The van der Waals surface area contributed by atoms with Crippen molar-refractivity contribution in [1.82, 2.24) is 5.43 Å². The Morgan fingerprint density at radius 2 is 1.81 bits per heavy atom. The summed E-state index contributed by atoms with van der Waals surface area (Å²) in [4.78, 5) is 12.3. The van der Waals surface area contributed by atoms with Crippen LogP contribution in [-0.4, -0.2) is 12.1 Å². The van der Waals surface area contributed by atoms with Crippen molar-refractivity contribution in [3.8, 4) is 5.75 Å². The fourth-order valence-electron chi connectivity index (χ4n) is 2.98. The van der Waals surface area contributed by atoms with Gasteiger partial charge in [0.25, 0.3) is 0 Å². The minimum atomic E-state index is -0.434. The van der Waals surface area contributed by atoms with Crippen molar-refractivity contribution in [2.45, 2.75) is 13.5 Å². The number of halogens is 3. The van der Waals surface area contributed by atoms with Crippen LogP contribution >= 0.6 is 56.8 Å². The number of hydrogen-bond acceptors (Lipinski definition) is 4. The van der Waals surface area contributed by atoms with Gasteiger partial charge in [-0.05, 0) is 99.6 Å². The predicted octanol–water partition coefficient (Wildman–Crippen LogP) is 6.95. The highest BCUT2D eigenvalue weighted by molar-refractivity contribution is 14.1. The third-order valence-electron chi connectivity index (χ3n) is 4.61. The Bertz CT molecular complexity index is 1290. The van der Waals surface area contributed by atoms with Gasteiger partial charge in [0.05, 0.1) is 13.4 Å². The monoisotopic (exact) mass is 670 g/mol. The quantitative estimate of drug-likeness (QED) is 0.137. The summed E-state index contributed by atoms with van der Waals surface area (Å²) < 4.78 is 13.5. The third-order valence-corrected chi connectivity index (χ3v) is 6.44. The van der Waals surface area contributed by atoms with E-state index in [1.807, 2.05) is 12.1 Å². The Balaban J connectivity index is 1.41. The van der Waals surface area contributed by atoms with Gasteiger partial charge in [0, 0.05) is 10.4 Å². The molecule has 0 saturated carbocycles. The second-order valence-electron chi connectivity index (χ2n) is 7.08. The molecule has 3 aromatic carbocycles. The van der Waals surface area contributed by atoms with E-state index < -0.39 is 5.91 Å². The van der Waals surface area contributed by atoms with Gasteiger partial charge in [-0.2, -0.15) is 5.10 Å². The molecule has 1 heterocycles. The number of ether oxygens (including phenoxy) is 1. The summed E-state index contributed by atoms with van der Waals surface area (Å²) in [6.45, 7) is 2.56. The molecule has 1 N–H and O–H groups in total. The second-order valence-corrected chi connectivity index (χ2v) is 9.84. The van der Waals surface area contributed by atoms with E-state index in [1.165, 1.54) is 5.56 Å². The number of nitrogens with zero attached hydrogens (tertiary/aromatic N) is 1. The molecule has 0 aliphatic carbocycles. The normalized spacial score (nSPS) is 11.2. The molecular formula is C24H17ClI2N2O3. The van der Waals surface area contributed by atoms with Gasteiger partial charge >= 0.3 is 5.91 Å². The Morgan fingerprint density at radius 1 is 1.09 bits per heavy atom. The first-order valence-electron chi connectivity index (χ1n) is 9.59. The zero-order valence-corrected chi connectivity index (χ0v) is 21.9. The fourth-order valence-corrected chi connectivity index (χ4v) is 5.29. The number of furan rings is 1. The summed E-state index contributed by atoms with van der Waals surface area (Å²) >= 11 is 10.5. The number of amides is 1. The van der Waals surface area contributed by atoms with Gasteiger partial charge in [0.15, 0.2) is 5.76 Å². The average Bonchev–Trinajstić information content (AvgIpc) is 3.18. The van der Waals surface area contributed by atoms with Gasteiger partial charge in [-0.25, -0.2) is 5.43 Å². The summed E-state index contributed by atoms with van der Waals surface area (Å²) in [7, 11) is 0. The van der Waals surface area contributed by atoms with Crippen molar-refractivity contribution < 1.29 is 13.9 Å². The molecule has 162 valence electrons. The van der Waals surface area contributed by atoms with Crippen molar-refractivity contribution in [2.24, 2.45) is 5.10 Å². The number of nitrogens with one attached hydrogen (secondary N) is 1. The van der Waals surface area contributed by atoms with Gasteiger partial charge in [-0.1, -0.05) is 41.4 Å². The molecule has 5 nitrogen and oxygen atoms in total. The highest BCUT2D eigenvalue weighted by Gasteiger charge is 2.12. The average molecular weight is 671 g/mol. The molecule has 0 radical (unpaired) electrons. The number of fused-ring (bicyclic) bond motifs is 1. The van der Waals surface area contributed by atoms with Crippen molar-refractivity contribution in [1.29, 1.82) is 0 Å². The summed E-state index contributed by atoms with van der Waals surface area (Å²) in [5, 5.41) is 5.40. The maximum atomic E-state index is 12.3. The van der Waals surface area contributed by atoms with Crippen LogP contribution in [0.1, 0.15) is 27.2 Å². The molecule has 1 aromatic heterocycles. The Labute approximate surface area is 217 Å². The summed E-state index contributed by atoms with van der Waals surface area (Å²) in [5.41, 5.74) is 6.27.